The first-order valence-corrected chi connectivity index (χ1v) is 9.86. The molecule has 2 heterocycles. The van der Waals surface area contributed by atoms with Crippen LogP contribution in [0.25, 0.3) is 0 Å². The highest BCUT2D eigenvalue weighted by atomic mass is 16.4. The van der Waals surface area contributed by atoms with E-state index in [0.717, 1.165) is 31.4 Å². The summed E-state index contributed by atoms with van der Waals surface area (Å²) in [6.45, 7) is 3.71. The number of likely N-dealkylation sites (N-methyl/N-ethyl adjacent to an activating group) is 1. The maximum absolute atomic E-state index is 13.1. The summed E-state index contributed by atoms with van der Waals surface area (Å²) in [5.74, 6) is -0.556. The monoisotopic (exact) mass is 372 g/mol. The molecule has 0 radical (unpaired) electrons. The van der Waals surface area contributed by atoms with Crippen LogP contribution in [0.2, 0.25) is 0 Å². The number of likely N-dealkylation sites (tertiary alicyclic amines) is 2. The third-order valence-electron chi connectivity index (χ3n) is 7.22. The average molecular weight is 372 g/mol. The van der Waals surface area contributed by atoms with Gasteiger partial charge in [-0.15, -0.1) is 0 Å². The molecule has 0 saturated carbocycles. The Morgan fingerprint density at radius 2 is 2.07 bits per heavy atom. The third-order valence-corrected chi connectivity index (χ3v) is 7.22. The Morgan fingerprint density at radius 1 is 1.30 bits per heavy atom. The quantitative estimate of drug-likeness (QED) is 0.848. The van der Waals surface area contributed by atoms with Crippen LogP contribution in [0.3, 0.4) is 0 Å². The van der Waals surface area contributed by atoms with Crippen LogP contribution in [0.4, 0.5) is 0 Å². The van der Waals surface area contributed by atoms with Crippen molar-refractivity contribution in [3.8, 4) is 5.75 Å². The summed E-state index contributed by atoms with van der Waals surface area (Å²) in [4.78, 5) is 28.5. The van der Waals surface area contributed by atoms with Crippen molar-refractivity contribution in [2.24, 2.45) is 5.92 Å². The van der Waals surface area contributed by atoms with Crippen LogP contribution in [-0.2, 0) is 21.4 Å². The molecular formula is C21H28N2O4. The fraction of sp³-hybridized carbons (Fsp3) is 0.619. The minimum Gasteiger partial charge on any atom is -0.508 e. The van der Waals surface area contributed by atoms with Crippen molar-refractivity contribution in [2.45, 2.75) is 56.5 Å². The van der Waals surface area contributed by atoms with Crippen molar-refractivity contribution in [1.82, 2.24) is 9.80 Å². The van der Waals surface area contributed by atoms with E-state index in [4.69, 9.17) is 0 Å². The molecule has 0 aromatic heterocycles. The van der Waals surface area contributed by atoms with Gasteiger partial charge in [-0.1, -0.05) is 13.0 Å². The van der Waals surface area contributed by atoms with Crippen LogP contribution in [0.1, 0.15) is 43.7 Å². The molecule has 146 valence electrons. The minimum atomic E-state index is -0.900. The Morgan fingerprint density at radius 3 is 2.81 bits per heavy atom. The largest absolute Gasteiger partial charge is 0.508 e. The van der Waals surface area contributed by atoms with E-state index in [0.29, 0.717) is 19.4 Å². The molecule has 1 unspecified atom stereocenters. The summed E-state index contributed by atoms with van der Waals surface area (Å²) in [7, 11) is 2.11. The van der Waals surface area contributed by atoms with E-state index in [1.807, 2.05) is 12.1 Å². The fourth-order valence-corrected chi connectivity index (χ4v) is 5.61. The van der Waals surface area contributed by atoms with Crippen LogP contribution in [0.5, 0.6) is 5.75 Å². The number of carbonyl (C=O) groups excluding carboxylic acids is 1. The Bertz CT molecular complexity index is 779. The first kappa shape index (κ1) is 18.3. The lowest BCUT2D eigenvalue weighted by Gasteiger charge is -2.55. The van der Waals surface area contributed by atoms with Crippen LogP contribution in [0.15, 0.2) is 18.2 Å². The van der Waals surface area contributed by atoms with E-state index in [-0.39, 0.29) is 29.0 Å². The molecule has 4 rings (SSSR count). The van der Waals surface area contributed by atoms with E-state index in [2.05, 4.69) is 18.9 Å². The number of hydrogen-bond acceptors (Lipinski definition) is 4. The molecule has 2 aliphatic heterocycles. The predicted molar refractivity (Wildman–Crippen MR) is 101 cm³/mol. The lowest BCUT2D eigenvalue weighted by Crippen LogP contribution is -2.59. The van der Waals surface area contributed by atoms with E-state index in [9.17, 15) is 19.8 Å². The summed E-state index contributed by atoms with van der Waals surface area (Å²) in [5.41, 5.74) is 2.22. The number of nitrogens with zero attached hydrogens (tertiary/aromatic N) is 2. The third kappa shape index (κ3) is 2.90. The Kier molecular flexibility index (Phi) is 4.41. The summed E-state index contributed by atoms with van der Waals surface area (Å²) < 4.78 is 0. The van der Waals surface area contributed by atoms with Gasteiger partial charge in [0.15, 0.2) is 0 Å². The summed E-state index contributed by atoms with van der Waals surface area (Å²) in [6.07, 6.45) is 3.46. The molecule has 2 N–H and O–H groups in total. The first-order chi connectivity index (χ1) is 12.8. The number of benzene rings is 1. The Balaban J connectivity index is 1.65. The topological polar surface area (TPSA) is 81.1 Å². The molecule has 3 aliphatic rings. The zero-order valence-electron chi connectivity index (χ0n) is 16.0. The smallest absolute Gasteiger partial charge is 0.326 e. The second-order valence-electron chi connectivity index (χ2n) is 8.66. The predicted octanol–water partition coefficient (Wildman–Crippen LogP) is 1.99. The first-order valence-electron chi connectivity index (χ1n) is 9.86. The fourth-order valence-electron chi connectivity index (χ4n) is 5.61. The molecule has 2 fully saturated rings. The van der Waals surface area contributed by atoms with Crippen molar-refractivity contribution in [3.05, 3.63) is 29.3 Å². The van der Waals surface area contributed by atoms with E-state index in [1.165, 1.54) is 5.56 Å². The molecule has 6 nitrogen and oxygen atoms in total. The number of phenols is 1. The van der Waals surface area contributed by atoms with E-state index < -0.39 is 12.0 Å². The van der Waals surface area contributed by atoms with Gasteiger partial charge in [0, 0.05) is 19.0 Å². The number of carbonyl (C=O) groups is 2. The van der Waals surface area contributed by atoms with Gasteiger partial charge in [0.05, 0.1) is 0 Å². The van der Waals surface area contributed by atoms with Gasteiger partial charge in [0.25, 0.3) is 0 Å². The van der Waals surface area contributed by atoms with Crippen molar-refractivity contribution in [2.75, 3.05) is 20.1 Å². The van der Waals surface area contributed by atoms with Crippen molar-refractivity contribution >= 4 is 11.9 Å². The van der Waals surface area contributed by atoms with Gasteiger partial charge < -0.3 is 20.0 Å². The lowest BCUT2D eigenvalue weighted by atomic mass is 9.57. The molecule has 2 saturated heterocycles. The van der Waals surface area contributed by atoms with E-state index in [1.54, 1.807) is 11.0 Å². The van der Waals surface area contributed by atoms with Gasteiger partial charge in [-0.3, -0.25) is 4.79 Å². The molecule has 0 spiro atoms. The lowest BCUT2D eigenvalue weighted by molar-refractivity contribution is -0.149. The molecular weight excluding hydrogens is 344 g/mol. The van der Waals surface area contributed by atoms with E-state index >= 15 is 0 Å². The number of aliphatic carboxylic acids is 1. The number of rotatable bonds is 3. The van der Waals surface area contributed by atoms with Crippen molar-refractivity contribution < 1.29 is 19.8 Å². The number of carboxylic acids is 1. The second-order valence-corrected chi connectivity index (χ2v) is 8.66. The van der Waals surface area contributed by atoms with Gasteiger partial charge in [-0.25, -0.2) is 4.79 Å². The van der Waals surface area contributed by atoms with Gasteiger partial charge in [-0.05, 0) is 73.9 Å². The molecule has 1 aliphatic carbocycles. The summed E-state index contributed by atoms with van der Waals surface area (Å²) in [6, 6.07) is 5.20. The SMILES string of the molecule is CN1CC[C@]2(C)c3cc(O)ccc3CC1[C@@H]2CC(=O)N1CCC[C@H]1C(=O)O. The van der Waals surface area contributed by atoms with Gasteiger partial charge in [-0.2, -0.15) is 0 Å². The highest BCUT2D eigenvalue weighted by Gasteiger charge is 2.51. The number of aromatic hydroxyl groups is 1. The normalized spacial score (nSPS) is 33.0. The molecule has 1 aromatic rings. The summed E-state index contributed by atoms with van der Waals surface area (Å²) in [5, 5.41) is 19.5. The van der Waals surface area contributed by atoms with Gasteiger partial charge >= 0.3 is 5.97 Å². The maximum Gasteiger partial charge on any atom is 0.326 e. The zero-order chi connectivity index (χ0) is 19.3. The zero-order valence-corrected chi connectivity index (χ0v) is 16.0. The Hall–Kier alpha value is -2.08. The molecule has 2 bridgehead atoms. The molecule has 1 amide bonds. The number of carboxylic acid groups (broad SMARTS) is 1. The number of piperidine rings is 1. The summed E-state index contributed by atoms with van der Waals surface area (Å²) >= 11 is 0. The molecule has 27 heavy (non-hydrogen) atoms. The number of phenolic OH excluding ortho intramolecular Hbond substituents is 1. The van der Waals surface area contributed by atoms with Crippen molar-refractivity contribution in [3.63, 3.8) is 0 Å². The second kappa shape index (κ2) is 6.51. The van der Waals surface area contributed by atoms with Crippen LogP contribution in [0, 0.1) is 5.92 Å². The van der Waals surface area contributed by atoms with Crippen LogP contribution < -0.4 is 0 Å². The maximum atomic E-state index is 13.1. The highest BCUT2D eigenvalue weighted by Crippen LogP contribution is 2.50. The van der Waals surface area contributed by atoms with Crippen molar-refractivity contribution in [1.29, 1.82) is 0 Å². The van der Waals surface area contributed by atoms with Gasteiger partial charge in [0.2, 0.25) is 5.91 Å². The number of hydrogen-bond donors (Lipinski definition) is 2. The van der Waals surface area contributed by atoms with Gasteiger partial charge in [0.1, 0.15) is 11.8 Å². The molecule has 6 heteroatoms. The molecule has 1 aromatic carbocycles. The minimum absolute atomic E-state index is 0.0416. The highest BCUT2D eigenvalue weighted by molar-refractivity contribution is 5.84. The van der Waals surface area contributed by atoms with Crippen LogP contribution in [-0.4, -0.2) is 64.1 Å². The Labute approximate surface area is 159 Å². The number of amides is 1. The number of fused-ring (bicyclic) bond motifs is 4. The van der Waals surface area contributed by atoms with Crippen LogP contribution >= 0.6 is 0 Å². The standard InChI is InChI=1S/C21H28N2O4/c1-21-7-9-22(2)18(10-13-5-6-14(24)11-15(13)21)16(21)12-19(25)23-8-3-4-17(23)20(26)27/h5-6,11,16-18,24H,3-4,7-10,12H2,1-2H3,(H,26,27)/t16-,17-,18?,21+/m0/s1. The molecule has 4 atom stereocenters. The average Bonchev–Trinajstić information content (AvgIpc) is 3.11.